The van der Waals surface area contributed by atoms with E-state index in [9.17, 15) is 9.90 Å². The van der Waals surface area contributed by atoms with Gasteiger partial charge in [0, 0.05) is 0 Å². The van der Waals surface area contributed by atoms with E-state index in [0.717, 1.165) is 26.2 Å². The van der Waals surface area contributed by atoms with Crippen LogP contribution in [0.15, 0.2) is 24.3 Å². The van der Waals surface area contributed by atoms with Crippen LogP contribution in [-0.4, -0.2) is 55.7 Å². The van der Waals surface area contributed by atoms with E-state index in [1.165, 1.54) is 4.90 Å². The van der Waals surface area contributed by atoms with Crippen LogP contribution in [-0.2, 0) is 4.79 Å². The normalized spacial score (nSPS) is 16.6. The molecule has 0 spiro atoms. The van der Waals surface area contributed by atoms with E-state index in [4.69, 9.17) is 4.74 Å². The largest absolute Gasteiger partial charge is 0.504 e. The molecule has 0 atom stereocenters. The topological polar surface area (TPSA) is 54.2 Å². The van der Waals surface area contributed by atoms with Gasteiger partial charge in [-0.1, -0.05) is 12.1 Å². The van der Waals surface area contributed by atoms with Crippen molar-refractivity contribution in [2.45, 2.75) is 0 Å². The summed E-state index contributed by atoms with van der Waals surface area (Å²) in [6, 6.07) is 6.67. The van der Waals surface area contributed by atoms with Crippen LogP contribution < -0.4 is 9.64 Å². The molecular formula is C13H19N2O3+. The van der Waals surface area contributed by atoms with Crippen LogP contribution in [0.2, 0.25) is 0 Å². The van der Waals surface area contributed by atoms with Crippen LogP contribution in [0.5, 0.6) is 11.5 Å². The molecule has 18 heavy (non-hydrogen) atoms. The molecule has 0 bridgehead atoms. The van der Waals surface area contributed by atoms with Gasteiger partial charge >= 0.3 is 0 Å². The molecule has 5 nitrogen and oxygen atoms in total. The highest BCUT2D eigenvalue weighted by molar-refractivity contribution is 5.77. The summed E-state index contributed by atoms with van der Waals surface area (Å²) in [5, 5.41) is 9.52. The second-order valence-electron chi connectivity index (χ2n) is 4.59. The lowest BCUT2D eigenvalue weighted by molar-refractivity contribution is -0.883. The fraction of sp³-hybridized carbons (Fsp3) is 0.462. The maximum absolute atomic E-state index is 11.9. The first-order valence-electron chi connectivity index (χ1n) is 6.16. The van der Waals surface area contributed by atoms with E-state index in [0.29, 0.717) is 5.75 Å². The number of hydrogen-bond acceptors (Lipinski definition) is 3. The Morgan fingerprint density at radius 2 is 2.06 bits per heavy atom. The maximum atomic E-state index is 11.9. The standard InChI is InChI=1S/C13H18N2O3/c1-14-6-8-15(9-7-14)13(17)10-18-12-5-3-2-4-11(12)16/h2-5,16H,6-10H2,1H3/p+1. The molecule has 1 fully saturated rings. The van der Waals surface area contributed by atoms with Crippen molar-refractivity contribution in [3.63, 3.8) is 0 Å². The Kier molecular flexibility index (Phi) is 4.04. The third-order valence-corrected chi connectivity index (χ3v) is 3.19. The quantitative estimate of drug-likeness (QED) is 0.734. The number of phenolic OH excluding ortho intramolecular Hbond substituents is 1. The average molecular weight is 251 g/mol. The van der Waals surface area contributed by atoms with Gasteiger partial charge in [-0.25, -0.2) is 0 Å². The molecule has 2 N–H and O–H groups in total. The lowest BCUT2D eigenvalue weighted by Gasteiger charge is -2.29. The molecule has 0 saturated carbocycles. The summed E-state index contributed by atoms with van der Waals surface area (Å²) in [6.07, 6.45) is 0. The minimum atomic E-state index is -0.0225. The Balaban J connectivity index is 1.83. The van der Waals surface area contributed by atoms with Crippen molar-refractivity contribution < 1.29 is 19.5 Å². The maximum Gasteiger partial charge on any atom is 0.260 e. The molecule has 0 radical (unpaired) electrons. The Morgan fingerprint density at radius 1 is 1.39 bits per heavy atom. The number of benzene rings is 1. The Morgan fingerprint density at radius 3 is 2.72 bits per heavy atom. The monoisotopic (exact) mass is 251 g/mol. The zero-order chi connectivity index (χ0) is 13.0. The summed E-state index contributed by atoms with van der Waals surface area (Å²) in [6.45, 7) is 3.48. The summed E-state index contributed by atoms with van der Waals surface area (Å²) in [5.41, 5.74) is 0. The first-order valence-corrected chi connectivity index (χ1v) is 6.16. The predicted molar refractivity (Wildman–Crippen MR) is 66.8 cm³/mol. The van der Waals surface area contributed by atoms with E-state index in [1.54, 1.807) is 24.3 Å². The van der Waals surface area contributed by atoms with Crippen molar-refractivity contribution in [2.24, 2.45) is 0 Å². The highest BCUT2D eigenvalue weighted by atomic mass is 16.5. The molecule has 5 heteroatoms. The fourth-order valence-corrected chi connectivity index (χ4v) is 1.95. The summed E-state index contributed by atoms with van der Waals surface area (Å²) in [7, 11) is 2.13. The van der Waals surface area contributed by atoms with Gasteiger partial charge in [-0.15, -0.1) is 0 Å². The molecule has 0 aromatic heterocycles. The van der Waals surface area contributed by atoms with E-state index in [-0.39, 0.29) is 18.3 Å². The third kappa shape index (κ3) is 3.13. The van der Waals surface area contributed by atoms with E-state index in [2.05, 4.69) is 7.05 Å². The van der Waals surface area contributed by atoms with Gasteiger partial charge in [0.2, 0.25) is 0 Å². The van der Waals surface area contributed by atoms with Gasteiger partial charge < -0.3 is 19.6 Å². The Labute approximate surface area is 107 Å². The molecule has 98 valence electrons. The zero-order valence-electron chi connectivity index (χ0n) is 10.6. The molecule has 1 aliphatic heterocycles. The van der Waals surface area contributed by atoms with Gasteiger partial charge in [0.15, 0.2) is 18.1 Å². The highest BCUT2D eigenvalue weighted by Gasteiger charge is 2.21. The van der Waals surface area contributed by atoms with Crippen molar-refractivity contribution in [3.05, 3.63) is 24.3 Å². The van der Waals surface area contributed by atoms with Crippen molar-refractivity contribution in [1.29, 1.82) is 0 Å². The number of para-hydroxylation sites is 2. The minimum absolute atomic E-state index is 0.0172. The second kappa shape index (κ2) is 5.73. The van der Waals surface area contributed by atoms with Gasteiger partial charge in [0.1, 0.15) is 0 Å². The first-order chi connectivity index (χ1) is 8.66. The van der Waals surface area contributed by atoms with Crippen LogP contribution in [0.4, 0.5) is 0 Å². The SMILES string of the molecule is C[NH+]1CCN(C(=O)COc2ccccc2O)CC1. The molecule has 1 heterocycles. The average Bonchev–Trinajstić information content (AvgIpc) is 2.38. The Bertz CT molecular complexity index is 414. The summed E-state index contributed by atoms with van der Waals surface area (Å²) >= 11 is 0. The number of quaternary nitrogens is 1. The lowest BCUT2D eigenvalue weighted by Crippen LogP contribution is -3.12. The van der Waals surface area contributed by atoms with Crippen LogP contribution in [0.1, 0.15) is 0 Å². The molecule has 0 unspecified atom stereocenters. The van der Waals surface area contributed by atoms with E-state index >= 15 is 0 Å². The van der Waals surface area contributed by atoms with Gasteiger partial charge in [0.25, 0.3) is 5.91 Å². The summed E-state index contributed by atoms with van der Waals surface area (Å²) < 4.78 is 5.33. The van der Waals surface area contributed by atoms with Crippen LogP contribution >= 0.6 is 0 Å². The van der Waals surface area contributed by atoms with Crippen molar-refractivity contribution >= 4 is 5.91 Å². The zero-order valence-corrected chi connectivity index (χ0v) is 10.6. The molecule has 1 aliphatic rings. The molecular weight excluding hydrogens is 232 g/mol. The predicted octanol–water partition coefficient (Wildman–Crippen LogP) is -0.872. The fourth-order valence-electron chi connectivity index (χ4n) is 1.95. The number of nitrogens with zero attached hydrogens (tertiary/aromatic N) is 1. The van der Waals surface area contributed by atoms with Gasteiger partial charge in [-0.2, -0.15) is 0 Å². The van der Waals surface area contributed by atoms with Gasteiger partial charge in [-0.05, 0) is 12.1 Å². The number of carbonyl (C=O) groups excluding carboxylic acids is 1. The van der Waals surface area contributed by atoms with Crippen LogP contribution in [0, 0.1) is 0 Å². The van der Waals surface area contributed by atoms with Crippen molar-refractivity contribution in [2.75, 3.05) is 39.8 Å². The van der Waals surface area contributed by atoms with E-state index in [1.807, 2.05) is 4.90 Å². The highest BCUT2D eigenvalue weighted by Crippen LogP contribution is 2.24. The van der Waals surface area contributed by atoms with Crippen LogP contribution in [0.3, 0.4) is 0 Å². The molecule has 1 aromatic rings. The third-order valence-electron chi connectivity index (χ3n) is 3.19. The molecule has 1 saturated heterocycles. The molecule has 1 amide bonds. The summed E-state index contributed by atoms with van der Waals surface area (Å²) in [5.74, 6) is 0.393. The molecule has 0 aliphatic carbocycles. The first kappa shape index (κ1) is 12.7. The number of nitrogens with one attached hydrogen (secondary N) is 1. The van der Waals surface area contributed by atoms with Crippen molar-refractivity contribution in [1.82, 2.24) is 4.90 Å². The molecule has 1 aromatic carbocycles. The van der Waals surface area contributed by atoms with Gasteiger partial charge in [0.05, 0.1) is 33.2 Å². The number of likely N-dealkylation sites (N-methyl/N-ethyl adjacent to an activating group) is 1. The number of ether oxygens (including phenoxy) is 1. The summed E-state index contributed by atoms with van der Waals surface area (Å²) in [4.78, 5) is 15.2. The van der Waals surface area contributed by atoms with Crippen LogP contribution in [0.25, 0.3) is 0 Å². The number of piperazine rings is 1. The van der Waals surface area contributed by atoms with Gasteiger partial charge in [-0.3, -0.25) is 4.79 Å². The van der Waals surface area contributed by atoms with E-state index < -0.39 is 0 Å². The number of rotatable bonds is 3. The minimum Gasteiger partial charge on any atom is -0.504 e. The Hall–Kier alpha value is -1.75. The van der Waals surface area contributed by atoms with Crippen molar-refractivity contribution in [3.8, 4) is 11.5 Å². The lowest BCUT2D eigenvalue weighted by atomic mass is 10.3. The number of carbonyl (C=O) groups is 1. The number of aromatic hydroxyl groups is 1. The number of phenols is 1. The second-order valence-corrected chi connectivity index (χ2v) is 4.59. The number of amides is 1. The number of hydrogen-bond donors (Lipinski definition) is 2. The smallest absolute Gasteiger partial charge is 0.260 e. The molecule has 2 rings (SSSR count).